The van der Waals surface area contributed by atoms with Crippen molar-refractivity contribution in [1.82, 2.24) is 6.15 Å². The molecule has 1 aromatic rings. The van der Waals surface area contributed by atoms with Crippen LogP contribution in [0.4, 0.5) is 0 Å². The molecule has 16 heavy (non-hydrogen) atoms. The summed E-state index contributed by atoms with van der Waals surface area (Å²) in [6, 6.07) is 6.76. The lowest BCUT2D eigenvalue weighted by molar-refractivity contribution is 0.397. The Morgan fingerprint density at radius 2 is 1.50 bits per heavy atom. The average molecular weight is 245 g/mol. The Balaban J connectivity index is 0.00000225. The van der Waals surface area contributed by atoms with Gasteiger partial charge in [0, 0.05) is 0 Å². The number of hydrogen-bond acceptors (Lipinski definition) is 4. The summed E-state index contributed by atoms with van der Waals surface area (Å²) in [5.41, 5.74) is 1.12. The van der Waals surface area contributed by atoms with Gasteiger partial charge in [-0.1, -0.05) is 32.9 Å². The molecule has 0 aliphatic heterocycles. The largest absolute Gasteiger partial charge is 0.344 e. The molecule has 0 atom stereocenters. The van der Waals surface area contributed by atoms with Crippen LogP contribution in [-0.2, 0) is 19.7 Å². The Morgan fingerprint density at radius 1 is 1.06 bits per heavy atom. The molecular formula is C11H19NO3S. The van der Waals surface area contributed by atoms with Crippen molar-refractivity contribution >= 4 is 10.1 Å². The fourth-order valence-corrected chi connectivity index (χ4v) is 1.88. The zero-order valence-corrected chi connectivity index (χ0v) is 11.0. The highest BCUT2D eigenvalue weighted by atomic mass is 32.2. The molecule has 1 aromatic carbocycles. The van der Waals surface area contributed by atoms with Gasteiger partial charge in [0.2, 0.25) is 0 Å². The molecule has 0 amide bonds. The van der Waals surface area contributed by atoms with Gasteiger partial charge in [0.05, 0.1) is 12.0 Å². The molecule has 0 bridgehead atoms. The van der Waals surface area contributed by atoms with Crippen LogP contribution in [0.1, 0.15) is 26.3 Å². The second-order valence-corrected chi connectivity index (χ2v) is 6.11. The minimum absolute atomic E-state index is 0. The first-order valence-corrected chi connectivity index (χ1v) is 6.09. The molecule has 0 aliphatic carbocycles. The maximum Gasteiger partial charge on any atom is 0.296 e. The van der Waals surface area contributed by atoms with Crippen molar-refractivity contribution in [3.05, 3.63) is 29.8 Å². The molecule has 0 saturated heterocycles. The zero-order chi connectivity index (χ0) is 11.7. The van der Waals surface area contributed by atoms with E-state index >= 15 is 0 Å². The van der Waals surface area contributed by atoms with Crippen LogP contribution in [0.2, 0.25) is 0 Å². The van der Waals surface area contributed by atoms with Crippen molar-refractivity contribution < 1.29 is 12.6 Å². The number of hydrogen-bond donors (Lipinski definition) is 1. The number of benzene rings is 1. The lowest BCUT2D eigenvalue weighted by Gasteiger charge is -2.18. The highest BCUT2D eigenvalue weighted by molar-refractivity contribution is 7.86. The summed E-state index contributed by atoms with van der Waals surface area (Å²) >= 11 is 0. The van der Waals surface area contributed by atoms with Crippen molar-refractivity contribution in [2.45, 2.75) is 31.1 Å². The first-order chi connectivity index (χ1) is 6.77. The van der Waals surface area contributed by atoms with Crippen LogP contribution in [0.5, 0.6) is 0 Å². The SMILES string of the molecule is COS(=O)(=O)c1ccc(C(C)(C)C)cc1.N. The fourth-order valence-electron chi connectivity index (χ4n) is 1.22. The summed E-state index contributed by atoms with van der Waals surface area (Å²) in [6.07, 6.45) is 0. The Hall–Kier alpha value is -0.910. The van der Waals surface area contributed by atoms with E-state index in [0.717, 1.165) is 12.7 Å². The quantitative estimate of drug-likeness (QED) is 0.812. The third-order valence-corrected chi connectivity index (χ3v) is 3.52. The first kappa shape index (κ1) is 15.1. The smallest absolute Gasteiger partial charge is 0.296 e. The van der Waals surface area contributed by atoms with E-state index in [2.05, 4.69) is 25.0 Å². The van der Waals surface area contributed by atoms with Gasteiger partial charge in [-0.25, -0.2) is 0 Å². The number of rotatable bonds is 2. The van der Waals surface area contributed by atoms with Crippen molar-refractivity contribution in [1.29, 1.82) is 0 Å². The van der Waals surface area contributed by atoms with E-state index in [9.17, 15) is 8.42 Å². The molecule has 0 heterocycles. The van der Waals surface area contributed by atoms with Gasteiger partial charge in [-0.05, 0) is 23.1 Å². The van der Waals surface area contributed by atoms with E-state index in [1.54, 1.807) is 12.1 Å². The highest BCUT2D eigenvalue weighted by Crippen LogP contribution is 2.23. The molecule has 92 valence electrons. The standard InChI is InChI=1S/C11H16O3S.H3N/c1-11(2,3)9-5-7-10(8-6-9)15(12,13)14-4;/h5-8H,1-4H3;1H3. The normalized spacial score (nSPS) is 12.0. The molecule has 0 aliphatic rings. The molecule has 0 radical (unpaired) electrons. The summed E-state index contributed by atoms with van der Waals surface area (Å²) in [6.45, 7) is 6.23. The monoisotopic (exact) mass is 245 g/mol. The van der Waals surface area contributed by atoms with Gasteiger partial charge >= 0.3 is 0 Å². The molecule has 0 spiro atoms. The van der Waals surface area contributed by atoms with Gasteiger partial charge < -0.3 is 6.15 Å². The summed E-state index contributed by atoms with van der Waals surface area (Å²) in [5, 5.41) is 0. The van der Waals surface area contributed by atoms with Crippen LogP contribution in [-0.4, -0.2) is 15.5 Å². The molecule has 1 rings (SSSR count). The van der Waals surface area contributed by atoms with Gasteiger partial charge in [0.15, 0.2) is 0 Å². The molecule has 3 N–H and O–H groups in total. The van der Waals surface area contributed by atoms with Crippen LogP contribution < -0.4 is 6.15 Å². The van der Waals surface area contributed by atoms with Gasteiger partial charge in [0.25, 0.3) is 10.1 Å². The van der Waals surface area contributed by atoms with Crippen LogP contribution >= 0.6 is 0 Å². The molecular weight excluding hydrogens is 226 g/mol. The highest BCUT2D eigenvalue weighted by Gasteiger charge is 2.16. The third-order valence-electron chi connectivity index (χ3n) is 2.23. The summed E-state index contributed by atoms with van der Waals surface area (Å²) in [4.78, 5) is 0.193. The van der Waals surface area contributed by atoms with E-state index in [1.807, 2.05) is 12.1 Å². The van der Waals surface area contributed by atoms with Crippen molar-refractivity contribution in [3.8, 4) is 0 Å². The summed E-state index contributed by atoms with van der Waals surface area (Å²) in [5.74, 6) is 0. The van der Waals surface area contributed by atoms with Crippen LogP contribution in [0, 0.1) is 0 Å². The maximum atomic E-state index is 11.3. The fraction of sp³-hybridized carbons (Fsp3) is 0.455. The lowest BCUT2D eigenvalue weighted by Crippen LogP contribution is -2.11. The maximum absolute atomic E-state index is 11.3. The summed E-state index contributed by atoms with van der Waals surface area (Å²) in [7, 11) is -2.40. The van der Waals surface area contributed by atoms with Crippen LogP contribution in [0.25, 0.3) is 0 Å². The van der Waals surface area contributed by atoms with Crippen LogP contribution in [0.15, 0.2) is 29.2 Å². The third kappa shape index (κ3) is 3.30. The van der Waals surface area contributed by atoms with Gasteiger partial charge in [-0.15, -0.1) is 0 Å². The zero-order valence-electron chi connectivity index (χ0n) is 10.1. The van der Waals surface area contributed by atoms with E-state index < -0.39 is 10.1 Å². The average Bonchev–Trinajstić information content (AvgIpc) is 2.17. The van der Waals surface area contributed by atoms with Gasteiger partial charge in [-0.3, -0.25) is 4.18 Å². The molecule has 0 unspecified atom stereocenters. The van der Waals surface area contributed by atoms with E-state index in [4.69, 9.17) is 0 Å². The Morgan fingerprint density at radius 3 is 1.81 bits per heavy atom. The van der Waals surface area contributed by atoms with Crippen molar-refractivity contribution in [2.75, 3.05) is 7.11 Å². The Kier molecular flexibility index (Phi) is 4.67. The van der Waals surface area contributed by atoms with Crippen molar-refractivity contribution in [3.63, 3.8) is 0 Å². The second-order valence-electron chi connectivity index (χ2n) is 4.40. The summed E-state index contributed by atoms with van der Waals surface area (Å²) < 4.78 is 27.1. The molecule has 0 fully saturated rings. The molecule has 4 nitrogen and oxygen atoms in total. The van der Waals surface area contributed by atoms with E-state index in [1.165, 1.54) is 0 Å². The second kappa shape index (κ2) is 4.95. The topological polar surface area (TPSA) is 78.4 Å². The minimum Gasteiger partial charge on any atom is -0.344 e. The van der Waals surface area contributed by atoms with Crippen LogP contribution in [0.3, 0.4) is 0 Å². The molecule has 0 aromatic heterocycles. The predicted molar refractivity (Wildman–Crippen MR) is 64.4 cm³/mol. The van der Waals surface area contributed by atoms with Gasteiger partial charge in [-0.2, -0.15) is 8.42 Å². The first-order valence-electron chi connectivity index (χ1n) is 4.68. The van der Waals surface area contributed by atoms with Gasteiger partial charge in [0.1, 0.15) is 0 Å². The molecule has 5 heteroatoms. The minimum atomic E-state index is -3.56. The van der Waals surface area contributed by atoms with Crippen molar-refractivity contribution in [2.24, 2.45) is 0 Å². The predicted octanol–water partition coefficient (Wildman–Crippen LogP) is 2.48. The van der Waals surface area contributed by atoms with E-state index in [0.29, 0.717) is 0 Å². The lowest BCUT2D eigenvalue weighted by atomic mass is 9.87. The Labute approximate surface area is 97.3 Å². The molecule has 0 saturated carbocycles. The van der Waals surface area contributed by atoms with E-state index in [-0.39, 0.29) is 16.5 Å². The Bertz CT molecular complexity index is 429.